The standard InChI is InChI=1S/C14H16Cl2N2O3/c1-8(19)18-3-2-12(7-18)17-14(21)13(20)9-4-10(15)6-11(16)5-9/h4-6,12-13,20H,2-3,7H2,1H3,(H,17,21)/t12-,13-/m1/s1. The first kappa shape index (κ1) is 16.1. The topological polar surface area (TPSA) is 69.6 Å². The van der Waals surface area contributed by atoms with Gasteiger partial charge in [-0.2, -0.15) is 0 Å². The van der Waals surface area contributed by atoms with Crippen LogP contribution in [0, 0.1) is 0 Å². The Morgan fingerprint density at radius 3 is 2.48 bits per heavy atom. The number of benzene rings is 1. The number of hydrogen-bond donors (Lipinski definition) is 2. The lowest BCUT2D eigenvalue weighted by Crippen LogP contribution is -2.40. The van der Waals surface area contributed by atoms with Crippen LogP contribution in [0.3, 0.4) is 0 Å². The fraction of sp³-hybridized carbons (Fsp3) is 0.429. The van der Waals surface area contributed by atoms with E-state index in [1.54, 1.807) is 4.90 Å². The molecule has 21 heavy (non-hydrogen) atoms. The summed E-state index contributed by atoms with van der Waals surface area (Å²) in [5, 5.41) is 13.5. The maximum atomic E-state index is 12.0. The van der Waals surface area contributed by atoms with Crippen molar-refractivity contribution < 1.29 is 14.7 Å². The van der Waals surface area contributed by atoms with Crippen LogP contribution in [0.1, 0.15) is 25.0 Å². The number of likely N-dealkylation sites (tertiary alicyclic amines) is 1. The first-order chi connectivity index (χ1) is 9.86. The second-order valence-corrected chi connectivity index (χ2v) is 5.94. The second kappa shape index (κ2) is 6.64. The lowest BCUT2D eigenvalue weighted by molar-refractivity contribution is -0.131. The molecule has 2 rings (SSSR count). The van der Waals surface area contributed by atoms with Gasteiger partial charge in [-0.05, 0) is 30.2 Å². The van der Waals surface area contributed by atoms with Crippen molar-refractivity contribution in [2.45, 2.75) is 25.5 Å². The van der Waals surface area contributed by atoms with Crippen LogP contribution in [0.5, 0.6) is 0 Å². The van der Waals surface area contributed by atoms with E-state index in [2.05, 4.69) is 5.32 Å². The van der Waals surface area contributed by atoms with Crippen molar-refractivity contribution in [1.82, 2.24) is 10.2 Å². The Morgan fingerprint density at radius 2 is 1.95 bits per heavy atom. The van der Waals surface area contributed by atoms with Gasteiger partial charge in [-0.25, -0.2) is 0 Å². The molecule has 1 aliphatic rings. The zero-order valence-electron chi connectivity index (χ0n) is 11.5. The molecule has 2 atom stereocenters. The van der Waals surface area contributed by atoms with Gasteiger partial charge in [0.2, 0.25) is 5.91 Å². The minimum Gasteiger partial charge on any atom is -0.378 e. The minimum atomic E-state index is -1.34. The van der Waals surface area contributed by atoms with Gasteiger partial charge in [0.1, 0.15) is 0 Å². The van der Waals surface area contributed by atoms with Crippen LogP contribution in [0.15, 0.2) is 18.2 Å². The van der Waals surface area contributed by atoms with Crippen LogP contribution in [0.4, 0.5) is 0 Å². The molecule has 0 radical (unpaired) electrons. The Labute approximate surface area is 132 Å². The van der Waals surface area contributed by atoms with Gasteiger partial charge < -0.3 is 15.3 Å². The van der Waals surface area contributed by atoms with E-state index in [1.807, 2.05) is 0 Å². The summed E-state index contributed by atoms with van der Waals surface area (Å²) in [5.41, 5.74) is 0.339. The normalized spacial score (nSPS) is 19.4. The molecule has 0 aromatic heterocycles. The number of rotatable bonds is 3. The van der Waals surface area contributed by atoms with E-state index in [1.165, 1.54) is 25.1 Å². The molecular formula is C14H16Cl2N2O3. The summed E-state index contributed by atoms with van der Waals surface area (Å²) in [6, 6.07) is 4.37. The highest BCUT2D eigenvalue weighted by Crippen LogP contribution is 2.24. The number of nitrogens with zero attached hydrogens (tertiary/aromatic N) is 1. The average molecular weight is 331 g/mol. The maximum Gasteiger partial charge on any atom is 0.253 e. The molecule has 1 heterocycles. The highest BCUT2D eigenvalue weighted by molar-refractivity contribution is 6.34. The summed E-state index contributed by atoms with van der Waals surface area (Å²) in [6.07, 6.45) is -0.665. The van der Waals surface area contributed by atoms with Crippen LogP contribution in [-0.2, 0) is 9.59 Å². The molecule has 0 saturated carbocycles. The van der Waals surface area contributed by atoms with Gasteiger partial charge in [0.05, 0.1) is 0 Å². The smallest absolute Gasteiger partial charge is 0.253 e. The summed E-state index contributed by atoms with van der Waals surface area (Å²) in [6.45, 7) is 2.57. The number of carbonyl (C=O) groups excluding carboxylic acids is 2. The number of hydrogen-bond acceptors (Lipinski definition) is 3. The van der Waals surface area contributed by atoms with E-state index >= 15 is 0 Å². The number of halogens is 2. The molecule has 0 unspecified atom stereocenters. The highest BCUT2D eigenvalue weighted by Gasteiger charge is 2.28. The quantitative estimate of drug-likeness (QED) is 0.887. The first-order valence-electron chi connectivity index (χ1n) is 6.57. The van der Waals surface area contributed by atoms with Crippen molar-refractivity contribution in [3.8, 4) is 0 Å². The van der Waals surface area contributed by atoms with Crippen LogP contribution in [-0.4, -0.2) is 41.0 Å². The van der Waals surface area contributed by atoms with Crippen molar-refractivity contribution in [2.75, 3.05) is 13.1 Å². The monoisotopic (exact) mass is 330 g/mol. The molecule has 0 bridgehead atoms. The van der Waals surface area contributed by atoms with Crippen molar-refractivity contribution in [3.63, 3.8) is 0 Å². The Balaban J connectivity index is 1.98. The summed E-state index contributed by atoms with van der Waals surface area (Å²) in [7, 11) is 0. The minimum absolute atomic E-state index is 0.0195. The fourth-order valence-corrected chi connectivity index (χ4v) is 2.87. The molecule has 5 nitrogen and oxygen atoms in total. The van der Waals surface area contributed by atoms with Gasteiger partial charge in [-0.1, -0.05) is 23.2 Å². The van der Waals surface area contributed by atoms with Gasteiger partial charge in [-0.15, -0.1) is 0 Å². The van der Waals surface area contributed by atoms with Crippen molar-refractivity contribution in [1.29, 1.82) is 0 Å². The molecule has 2 amide bonds. The molecule has 1 aromatic carbocycles. The first-order valence-corrected chi connectivity index (χ1v) is 7.32. The van der Waals surface area contributed by atoms with Gasteiger partial charge in [0.15, 0.2) is 6.10 Å². The van der Waals surface area contributed by atoms with E-state index in [0.29, 0.717) is 35.1 Å². The second-order valence-electron chi connectivity index (χ2n) is 5.06. The number of nitrogens with one attached hydrogen (secondary N) is 1. The molecule has 1 aliphatic heterocycles. The lowest BCUT2D eigenvalue weighted by atomic mass is 10.1. The molecule has 0 aliphatic carbocycles. The zero-order chi connectivity index (χ0) is 15.6. The predicted molar refractivity (Wildman–Crippen MR) is 80.2 cm³/mol. The summed E-state index contributed by atoms with van der Waals surface area (Å²) in [4.78, 5) is 25.0. The van der Waals surface area contributed by atoms with Crippen LogP contribution in [0.25, 0.3) is 0 Å². The average Bonchev–Trinajstić information content (AvgIpc) is 2.85. The third-order valence-electron chi connectivity index (χ3n) is 3.43. The van der Waals surface area contributed by atoms with Crippen LogP contribution in [0.2, 0.25) is 10.0 Å². The van der Waals surface area contributed by atoms with E-state index in [-0.39, 0.29) is 11.9 Å². The SMILES string of the molecule is CC(=O)N1CC[C@@H](NC(=O)[C@H](O)c2cc(Cl)cc(Cl)c2)C1. The Kier molecular flexibility index (Phi) is 5.08. The molecule has 2 N–H and O–H groups in total. The number of carbonyl (C=O) groups is 2. The van der Waals surface area contributed by atoms with Gasteiger partial charge in [0.25, 0.3) is 5.91 Å². The predicted octanol–water partition coefficient (Wildman–Crippen LogP) is 1.76. The van der Waals surface area contributed by atoms with Gasteiger partial charge in [-0.3, -0.25) is 9.59 Å². The molecule has 1 aromatic rings. The molecule has 1 saturated heterocycles. The summed E-state index contributed by atoms with van der Waals surface area (Å²) in [5.74, 6) is -0.544. The Morgan fingerprint density at radius 1 is 1.33 bits per heavy atom. The number of aliphatic hydroxyl groups excluding tert-OH is 1. The van der Waals surface area contributed by atoms with Crippen molar-refractivity contribution in [3.05, 3.63) is 33.8 Å². The van der Waals surface area contributed by atoms with Crippen molar-refractivity contribution >= 4 is 35.0 Å². The maximum absolute atomic E-state index is 12.0. The molecule has 0 spiro atoms. The van der Waals surface area contributed by atoms with Crippen LogP contribution >= 0.6 is 23.2 Å². The van der Waals surface area contributed by atoms with Crippen LogP contribution < -0.4 is 5.32 Å². The number of aliphatic hydroxyl groups is 1. The third kappa shape index (κ3) is 4.09. The van der Waals surface area contributed by atoms with E-state index in [4.69, 9.17) is 23.2 Å². The number of amides is 2. The van der Waals surface area contributed by atoms with Crippen molar-refractivity contribution in [2.24, 2.45) is 0 Å². The van der Waals surface area contributed by atoms with E-state index in [0.717, 1.165) is 0 Å². The third-order valence-corrected chi connectivity index (χ3v) is 3.87. The van der Waals surface area contributed by atoms with Gasteiger partial charge >= 0.3 is 0 Å². The molecule has 7 heteroatoms. The highest BCUT2D eigenvalue weighted by atomic mass is 35.5. The van der Waals surface area contributed by atoms with E-state index < -0.39 is 12.0 Å². The molecular weight excluding hydrogens is 315 g/mol. The summed E-state index contributed by atoms with van der Waals surface area (Å²) < 4.78 is 0. The zero-order valence-corrected chi connectivity index (χ0v) is 13.0. The van der Waals surface area contributed by atoms with E-state index in [9.17, 15) is 14.7 Å². The van der Waals surface area contributed by atoms with Gasteiger partial charge in [0, 0.05) is 36.1 Å². The largest absolute Gasteiger partial charge is 0.378 e. The molecule has 1 fully saturated rings. The fourth-order valence-electron chi connectivity index (χ4n) is 2.33. The molecule has 114 valence electrons. The summed E-state index contributed by atoms with van der Waals surface area (Å²) >= 11 is 11.7. The Hall–Kier alpha value is -1.30. The lowest BCUT2D eigenvalue weighted by Gasteiger charge is -2.17. The Bertz CT molecular complexity index is 545.